The first-order valence-electron chi connectivity index (χ1n) is 5.56. The van der Waals surface area contributed by atoms with Crippen LogP contribution >= 0.6 is 33.9 Å². The molecule has 0 radical (unpaired) electrons. The molecule has 8 heteroatoms. The maximum absolute atomic E-state index is 11.2. The van der Waals surface area contributed by atoms with Gasteiger partial charge in [-0.15, -0.1) is 0 Å². The van der Waals surface area contributed by atoms with Gasteiger partial charge in [0.25, 0.3) is 9.05 Å². The molecule has 1 unspecified atom stereocenters. The molecule has 0 amide bonds. The minimum absolute atomic E-state index is 0.0262. The van der Waals surface area contributed by atoms with Gasteiger partial charge < -0.3 is 9.47 Å². The summed E-state index contributed by atoms with van der Waals surface area (Å²) in [5, 5.41) is 0.114. The Hall–Kier alpha value is -0.200. The van der Waals surface area contributed by atoms with Crippen LogP contribution in [0.5, 0.6) is 5.75 Å². The Morgan fingerprint density at radius 2 is 2.05 bits per heavy atom. The molecule has 1 heterocycles. The largest absolute Gasteiger partial charge is 0.489 e. The van der Waals surface area contributed by atoms with Gasteiger partial charge in [0.05, 0.1) is 16.1 Å². The lowest BCUT2D eigenvalue weighted by atomic mass is 10.2. The molecule has 0 saturated carbocycles. The number of hydrogen-bond donors (Lipinski definition) is 0. The predicted molar refractivity (Wildman–Crippen MR) is 74.0 cm³/mol. The van der Waals surface area contributed by atoms with Crippen LogP contribution in [0.1, 0.15) is 12.8 Å². The molecule has 1 saturated heterocycles. The van der Waals surface area contributed by atoms with E-state index in [1.54, 1.807) is 0 Å². The molecular weight excluding hydrogens is 335 g/mol. The van der Waals surface area contributed by atoms with Gasteiger partial charge in [-0.25, -0.2) is 8.42 Å². The lowest BCUT2D eigenvalue weighted by molar-refractivity contribution is 0.0680. The molecule has 2 rings (SSSR count). The molecule has 4 nitrogen and oxygen atoms in total. The van der Waals surface area contributed by atoms with Gasteiger partial charge in [-0.3, -0.25) is 0 Å². The zero-order valence-corrected chi connectivity index (χ0v) is 12.8. The predicted octanol–water partition coefficient (Wildman–Crippen LogP) is 3.48. The molecular formula is C11H11Cl3O4S. The third-order valence-corrected chi connectivity index (χ3v) is 4.78. The highest BCUT2D eigenvalue weighted by Crippen LogP contribution is 2.35. The third-order valence-electron chi connectivity index (χ3n) is 2.70. The second-order valence-corrected chi connectivity index (χ2v) is 7.45. The molecule has 106 valence electrons. The lowest BCUT2D eigenvalue weighted by Crippen LogP contribution is -2.16. The average Bonchev–Trinajstić information content (AvgIpc) is 2.81. The van der Waals surface area contributed by atoms with Crippen molar-refractivity contribution in [2.24, 2.45) is 0 Å². The van der Waals surface area contributed by atoms with E-state index in [0.717, 1.165) is 19.4 Å². The van der Waals surface area contributed by atoms with Gasteiger partial charge in [0.1, 0.15) is 17.3 Å². The van der Waals surface area contributed by atoms with E-state index in [-0.39, 0.29) is 21.0 Å². The van der Waals surface area contributed by atoms with Crippen molar-refractivity contribution in [1.82, 2.24) is 0 Å². The van der Waals surface area contributed by atoms with Crippen LogP contribution in [0, 0.1) is 0 Å². The van der Waals surface area contributed by atoms with Crippen LogP contribution in [0.3, 0.4) is 0 Å². The molecule has 0 spiro atoms. The van der Waals surface area contributed by atoms with Crippen LogP contribution in [0.15, 0.2) is 17.0 Å². The molecule has 1 aliphatic heterocycles. The summed E-state index contributed by atoms with van der Waals surface area (Å²) in [4.78, 5) is -0.231. The van der Waals surface area contributed by atoms with E-state index in [4.69, 9.17) is 43.4 Å². The van der Waals surface area contributed by atoms with Crippen LogP contribution < -0.4 is 4.74 Å². The summed E-state index contributed by atoms with van der Waals surface area (Å²) < 4.78 is 33.4. The van der Waals surface area contributed by atoms with Crippen LogP contribution in [0.25, 0.3) is 0 Å². The Labute approximate surface area is 126 Å². The van der Waals surface area contributed by atoms with E-state index in [9.17, 15) is 8.42 Å². The van der Waals surface area contributed by atoms with Gasteiger partial charge >= 0.3 is 0 Å². The monoisotopic (exact) mass is 344 g/mol. The van der Waals surface area contributed by atoms with Gasteiger partial charge in [0.15, 0.2) is 0 Å². The molecule has 1 aliphatic rings. The summed E-state index contributed by atoms with van der Waals surface area (Å²) >= 11 is 11.8. The van der Waals surface area contributed by atoms with Crippen LogP contribution in [0.4, 0.5) is 0 Å². The molecule has 0 bridgehead atoms. The Bertz CT molecular complexity index is 568. The quantitative estimate of drug-likeness (QED) is 0.784. The first kappa shape index (κ1) is 15.2. The highest BCUT2D eigenvalue weighted by atomic mass is 35.7. The summed E-state index contributed by atoms with van der Waals surface area (Å²) in [6, 6.07) is 2.52. The first-order chi connectivity index (χ1) is 8.88. The molecule has 19 heavy (non-hydrogen) atoms. The van der Waals surface area contributed by atoms with Gasteiger partial charge in [-0.2, -0.15) is 0 Å². The zero-order valence-electron chi connectivity index (χ0n) is 9.74. The summed E-state index contributed by atoms with van der Waals surface area (Å²) in [5.41, 5.74) is 0. The molecule has 1 aromatic rings. The standard InChI is InChI=1S/C11H11Cl3O4S/c12-8-5-11(19(14,15)16)9(13)4-10(8)18-6-7-2-1-3-17-7/h4-5,7H,1-3,6H2. The maximum Gasteiger partial charge on any atom is 0.262 e. The Morgan fingerprint density at radius 1 is 1.32 bits per heavy atom. The maximum atomic E-state index is 11.2. The van der Waals surface area contributed by atoms with E-state index in [2.05, 4.69) is 0 Å². The van der Waals surface area contributed by atoms with Crippen molar-refractivity contribution in [3.63, 3.8) is 0 Å². The molecule has 1 fully saturated rings. The summed E-state index contributed by atoms with van der Waals surface area (Å²) in [7, 11) is 1.31. The van der Waals surface area contributed by atoms with Crippen molar-refractivity contribution in [2.75, 3.05) is 13.2 Å². The van der Waals surface area contributed by atoms with Crippen molar-refractivity contribution < 1.29 is 17.9 Å². The van der Waals surface area contributed by atoms with E-state index in [0.29, 0.717) is 12.4 Å². The van der Waals surface area contributed by atoms with E-state index in [1.807, 2.05) is 0 Å². The average molecular weight is 346 g/mol. The van der Waals surface area contributed by atoms with E-state index >= 15 is 0 Å². The Kier molecular flexibility index (Phi) is 4.84. The van der Waals surface area contributed by atoms with Crippen molar-refractivity contribution in [1.29, 1.82) is 0 Å². The summed E-state index contributed by atoms with van der Waals surface area (Å²) in [6.45, 7) is 1.08. The first-order valence-corrected chi connectivity index (χ1v) is 8.62. The van der Waals surface area contributed by atoms with Gasteiger partial charge in [0, 0.05) is 23.4 Å². The number of halogens is 3. The highest BCUT2D eigenvalue weighted by Gasteiger charge is 2.20. The number of rotatable bonds is 4. The fraction of sp³-hybridized carbons (Fsp3) is 0.455. The second kappa shape index (κ2) is 6.06. The summed E-state index contributed by atoms with van der Waals surface area (Å²) in [5.74, 6) is 0.311. The minimum Gasteiger partial charge on any atom is -0.489 e. The van der Waals surface area contributed by atoms with Crippen molar-refractivity contribution in [2.45, 2.75) is 23.8 Å². The van der Waals surface area contributed by atoms with Gasteiger partial charge in [0.2, 0.25) is 0 Å². The number of hydrogen-bond acceptors (Lipinski definition) is 4. The van der Waals surface area contributed by atoms with Crippen molar-refractivity contribution >= 4 is 42.9 Å². The zero-order chi connectivity index (χ0) is 14.0. The SMILES string of the molecule is O=S(=O)(Cl)c1cc(Cl)c(OCC2CCCO2)cc1Cl. The Morgan fingerprint density at radius 3 is 2.63 bits per heavy atom. The van der Waals surface area contributed by atoms with Crippen molar-refractivity contribution in [3.05, 3.63) is 22.2 Å². The normalized spacial score (nSPS) is 19.6. The molecule has 0 aromatic heterocycles. The number of ether oxygens (including phenoxy) is 2. The molecule has 0 aliphatic carbocycles. The van der Waals surface area contributed by atoms with Crippen LogP contribution in [-0.2, 0) is 13.8 Å². The highest BCUT2D eigenvalue weighted by molar-refractivity contribution is 8.13. The third kappa shape index (κ3) is 3.89. The van der Waals surface area contributed by atoms with Crippen LogP contribution in [-0.4, -0.2) is 27.7 Å². The summed E-state index contributed by atoms with van der Waals surface area (Å²) in [6.07, 6.45) is 1.97. The molecule has 0 N–H and O–H groups in total. The fourth-order valence-corrected chi connectivity index (χ4v) is 3.56. The minimum atomic E-state index is -3.93. The van der Waals surface area contributed by atoms with Crippen molar-refractivity contribution in [3.8, 4) is 5.75 Å². The molecule has 1 aromatic carbocycles. The fourth-order valence-electron chi connectivity index (χ4n) is 1.77. The number of benzene rings is 1. The van der Waals surface area contributed by atoms with Gasteiger partial charge in [-0.05, 0) is 18.9 Å². The van der Waals surface area contributed by atoms with E-state index in [1.165, 1.54) is 12.1 Å². The lowest BCUT2D eigenvalue weighted by Gasteiger charge is -2.13. The van der Waals surface area contributed by atoms with Crippen LogP contribution in [0.2, 0.25) is 10.0 Å². The topological polar surface area (TPSA) is 52.6 Å². The van der Waals surface area contributed by atoms with Gasteiger partial charge in [-0.1, -0.05) is 23.2 Å². The smallest absolute Gasteiger partial charge is 0.262 e. The van der Waals surface area contributed by atoms with E-state index < -0.39 is 9.05 Å². The Balaban J connectivity index is 2.16. The molecule has 1 atom stereocenters. The second-order valence-electron chi connectivity index (χ2n) is 4.10.